The van der Waals surface area contributed by atoms with E-state index in [1.807, 2.05) is 4.72 Å². The number of phenols is 1. The van der Waals surface area contributed by atoms with Crippen LogP contribution in [0.3, 0.4) is 0 Å². The van der Waals surface area contributed by atoms with Crippen LogP contribution in [-0.4, -0.2) is 26.5 Å². The minimum absolute atomic E-state index is 0.0711. The number of hydrogen-bond acceptors (Lipinski definition) is 5. The van der Waals surface area contributed by atoms with Gasteiger partial charge in [-0.2, -0.15) is 0 Å². The van der Waals surface area contributed by atoms with E-state index in [1.54, 1.807) is 12.1 Å². The molecule has 4 bridgehead atoms. The number of sulfonamides is 1. The average Bonchev–Trinajstić information content (AvgIpc) is 2.75. The molecule has 3 aromatic carbocycles. The van der Waals surface area contributed by atoms with E-state index in [1.165, 1.54) is 13.2 Å². The fraction of sp³-hybridized carbons (Fsp3) is 0.0952. The zero-order valence-electron chi connectivity index (χ0n) is 16.4. The van der Waals surface area contributed by atoms with Crippen LogP contribution >= 0.6 is 11.6 Å². The predicted octanol–water partition coefficient (Wildman–Crippen LogP) is 4.04. The Hall–Kier alpha value is -3.37. The first-order chi connectivity index (χ1) is 15.1. The van der Waals surface area contributed by atoms with E-state index in [2.05, 4.69) is 5.32 Å². The Morgan fingerprint density at radius 3 is 2.53 bits per heavy atom. The molecule has 4 rings (SSSR count). The lowest BCUT2D eigenvalue weighted by Gasteiger charge is -2.15. The number of carbonyl (C=O) groups excluding carboxylic acids is 1. The Morgan fingerprint density at radius 1 is 1.06 bits per heavy atom. The minimum Gasteiger partial charge on any atom is -0.505 e. The van der Waals surface area contributed by atoms with Gasteiger partial charge in [-0.05, 0) is 41.5 Å². The molecule has 0 radical (unpaired) electrons. The molecule has 7 nitrogen and oxygen atoms in total. The third-order valence-corrected chi connectivity index (χ3v) is 6.59. The van der Waals surface area contributed by atoms with Gasteiger partial charge in [-0.25, -0.2) is 17.2 Å². The number of aromatic hydroxyl groups is 1. The molecule has 0 fully saturated rings. The monoisotopic (exact) mass is 480 g/mol. The second-order valence-electron chi connectivity index (χ2n) is 6.93. The number of ether oxygens (including phenoxy) is 1. The number of hydrogen-bond donors (Lipinski definition) is 3. The summed E-state index contributed by atoms with van der Waals surface area (Å²) in [5, 5.41) is 12.4. The van der Waals surface area contributed by atoms with Gasteiger partial charge in [-0.15, -0.1) is 0 Å². The van der Waals surface area contributed by atoms with Gasteiger partial charge in [0.1, 0.15) is 22.3 Å². The molecule has 1 aliphatic rings. The first kappa shape index (κ1) is 21.8. The summed E-state index contributed by atoms with van der Waals surface area (Å²) in [6.07, 6.45) is 0. The highest BCUT2D eigenvalue weighted by molar-refractivity contribution is 7.92. The number of rotatable bonds is 1. The van der Waals surface area contributed by atoms with Crippen LogP contribution in [0.4, 0.5) is 14.5 Å². The Morgan fingerprint density at radius 2 is 1.81 bits per heavy atom. The van der Waals surface area contributed by atoms with Crippen LogP contribution in [-0.2, 0) is 16.6 Å². The van der Waals surface area contributed by atoms with Gasteiger partial charge >= 0.3 is 0 Å². The maximum Gasteiger partial charge on any atom is 0.265 e. The number of nitrogens with one attached hydrogen (secondary N) is 2. The van der Waals surface area contributed by atoms with Gasteiger partial charge in [0.2, 0.25) is 0 Å². The summed E-state index contributed by atoms with van der Waals surface area (Å²) in [6.45, 7) is -0.0711. The number of fused-ring (bicyclic) bond motifs is 6. The van der Waals surface area contributed by atoms with Crippen LogP contribution in [0.2, 0.25) is 5.02 Å². The van der Waals surface area contributed by atoms with Crippen molar-refractivity contribution in [3.05, 3.63) is 70.2 Å². The second-order valence-corrected chi connectivity index (χ2v) is 8.99. The van der Waals surface area contributed by atoms with Crippen LogP contribution in [0.5, 0.6) is 11.5 Å². The van der Waals surface area contributed by atoms with E-state index < -0.39 is 48.9 Å². The topological polar surface area (TPSA) is 105 Å². The van der Waals surface area contributed by atoms with Crippen molar-refractivity contribution in [1.29, 1.82) is 0 Å². The SMILES string of the molecule is COc1ccc2c(c1)-c1cc(c(F)cc1F)NS(=O)(=O)c1cc(cc(Cl)c1O)C(=O)NC2. The summed E-state index contributed by atoms with van der Waals surface area (Å²) >= 11 is 5.92. The van der Waals surface area contributed by atoms with Crippen LogP contribution in [0.1, 0.15) is 15.9 Å². The zero-order chi connectivity index (χ0) is 23.2. The van der Waals surface area contributed by atoms with E-state index in [0.717, 1.165) is 18.2 Å². The molecule has 0 saturated carbocycles. The van der Waals surface area contributed by atoms with Gasteiger partial charge < -0.3 is 15.2 Å². The molecule has 1 amide bonds. The van der Waals surface area contributed by atoms with E-state index in [0.29, 0.717) is 17.4 Å². The Kier molecular flexibility index (Phi) is 5.43. The third kappa shape index (κ3) is 3.82. The van der Waals surface area contributed by atoms with Crippen molar-refractivity contribution in [1.82, 2.24) is 5.32 Å². The van der Waals surface area contributed by atoms with Gasteiger partial charge in [0.05, 0.1) is 17.8 Å². The Bertz CT molecular complexity index is 1380. The van der Waals surface area contributed by atoms with Crippen molar-refractivity contribution in [3.8, 4) is 22.6 Å². The molecule has 166 valence electrons. The van der Waals surface area contributed by atoms with Crippen molar-refractivity contribution < 1.29 is 31.8 Å². The predicted molar refractivity (Wildman–Crippen MR) is 113 cm³/mol. The van der Waals surface area contributed by atoms with Crippen molar-refractivity contribution in [2.24, 2.45) is 0 Å². The lowest BCUT2D eigenvalue weighted by Crippen LogP contribution is -2.23. The molecule has 0 unspecified atom stereocenters. The highest BCUT2D eigenvalue weighted by Gasteiger charge is 2.26. The van der Waals surface area contributed by atoms with Crippen LogP contribution in [0, 0.1) is 11.6 Å². The molecule has 11 heteroatoms. The quantitative estimate of drug-likeness (QED) is 0.487. The molecule has 1 aliphatic heterocycles. The third-order valence-electron chi connectivity index (χ3n) is 4.93. The number of phenolic OH excluding ortho intramolecular Hbond substituents is 1. The Labute approximate surface area is 186 Å². The van der Waals surface area contributed by atoms with Crippen molar-refractivity contribution in [3.63, 3.8) is 0 Å². The number of anilines is 1. The smallest absolute Gasteiger partial charge is 0.265 e. The standard InChI is InChI=1S/C21H15ClF2N2O5S/c1-31-12-3-2-10-9-25-21(28)11-4-15(22)20(27)19(5-11)32(29,30)26-18-7-14(13(10)6-12)16(23)8-17(18)24/h2-8,26-27H,9H2,1H3,(H,25,28). The number of carbonyl (C=O) groups is 1. The van der Waals surface area contributed by atoms with E-state index in [-0.39, 0.29) is 23.2 Å². The lowest BCUT2D eigenvalue weighted by atomic mass is 9.98. The molecular formula is C21H15ClF2N2O5S. The van der Waals surface area contributed by atoms with Crippen molar-refractivity contribution in [2.75, 3.05) is 11.8 Å². The normalized spacial score (nSPS) is 14.7. The van der Waals surface area contributed by atoms with Crippen molar-refractivity contribution >= 4 is 33.2 Å². The second kappa shape index (κ2) is 7.95. The molecule has 0 saturated heterocycles. The summed E-state index contributed by atoms with van der Waals surface area (Å²) in [7, 11) is -3.20. The Balaban J connectivity index is 2.02. The van der Waals surface area contributed by atoms with Crippen molar-refractivity contribution in [2.45, 2.75) is 11.4 Å². The van der Waals surface area contributed by atoms with Gasteiger partial charge in [0.15, 0.2) is 5.75 Å². The maximum absolute atomic E-state index is 14.8. The summed E-state index contributed by atoms with van der Waals surface area (Å²) in [5.41, 5.74) is -0.117. The van der Waals surface area contributed by atoms with E-state index in [9.17, 15) is 27.1 Å². The van der Waals surface area contributed by atoms with E-state index >= 15 is 0 Å². The minimum atomic E-state index is -4.61. The fourth-order valence-electron chi connectivity index (χ4n) is 3.31. The first-order valence-corrected chi connectivity index (χ1v) is 11.0. The fourth-order valence-corrected chi connectivity index (χ4v) is 4.79. The average molecular weight is 481 g/mol. The van der Waals surface area contributed by atoms with Gasteiger partial charge in [-0.3, -0.25) is 9.52 Å². The molecule has 3 aromatic rings. The number of halogens is 3. The molecule has 0 atom stereocenters. The van der Waals surface area contributed by atoms with Crippen LogP contribution < -0.4 is 14.8 Å². The van der Waals surface area contributed by atoms with Gasteiger partial charge in [0.25, 0.3) is 15.9 Å². The number of methoxy groups -OCH3 is 1. The molecular weight excluding hydrogens is 466 g/mol. The summed E-state index contributed by atoms with van der Waals surface area (Å²) in [6, 6.07) is 8.22. The molecule has 3 N–H and O–H groups in total. The molecule has 0 spiro atoms. The number of benzene rings is 3. The number of amides is 1. The molecule has 0 aliphatic carbocycles. The first-order valence-electron chi connectivity index (χ1n) is 9.10. The lowest BCUT2D eigenvalue weighted by molar-refractivity contribution is 0.0950. The highest BCUT2D eigenvalue weighted by atomic mass is 35.5. The summed E-state index contributed by atoms with van der Waals surface area (Å²) in [4.78, 5) is 11.9. The van der Waals surface area contributed by atoms with Crippen LogP contribution in [0.25, 0.3) is 11.1 Å². The molecule has 1 heterocycles. The maximum atomic E-state index is 14.8. The summed E-state index contributed by atoms with van der Waals surface area (Å²) in [5.74, 6) is -3.27. The van der Waals surface area contributed by atoms with Crippen LogP contribution in [0.15, 0.2) is 47.4 Å². The molecule has 32 heavy (non-hydrogen) atoms. The largest absolute Gasteiger partial charge is 0.505 e. The highest BCUT2D eigenvalue weighted by Crippen LogP contribution is 2.37. The van der Waals surface area contributed by atoms with E-state index in [4.69, 9.17) is 16.3 Å². The molecule has 0 aromatic heterocycles. The summed E-state index contributed by atoms with van der Waals surface area (Å²) < 4.78 is 62.2. The van der Waals surface area contributed by atoms with Gasteiger partial charge in [-0.1, -0.05) is 17.7 Å². The van der Waals surface area contributed by atoms with Gasteiger partial charge in [0, 0.05) is 23.7 Å². The zero-order valence-corrected chi connectivity index (χ0v) is 17.9.